The maximum Gasteiger partial charge on any atom is 0.237 e. The fraction of sp³-hybridized carbons (Fsp3) is 0.562. The van der Waals surface area contributed by atoms with Gasteiger partial charge in [-0.3, -0.25) is 4.79 Å². The number of amides is 1. The van der Waals surface area contributed by atoms with Gasteiger partial charge in [-0.1, -0.05) is 32.9 Å². The lowest BCUT2D eigenvalue weighted by Gasteiger charge is -2.26. The Bertz CT molecular complexity index is 469. The summed E-state index contributed by atoms with van der Waals surface area (Å²) < 4.78 is 11.0. The first-order valence-electron chi connectivity index (χ1n) is 7.08. The van der Waals surface area contributed by atoms with Gasteiger partial charge in [-0.15, -0.1) is 0 Å². The van der Waals surface area contributed by atoms with E-state index in [1.54, 1.807) is 7.11 Å². The molecule has 1 unspecified atom stereocenters. The second-order valence-corrected chi connectivity index (χ2v) is 6.17. The number of carbonyl (C=O) groups is 1. The third-order valence-electron chi connectivity index (χ3n) is 3.18. The van der Waals surface area contributed by atoms with Gasteiger partial charge in [-0.25, -0.2) is 0 Å². The molecule has 0 saturated carbocycles. The fourth-order valence-corrected chi connectivity index (χ4v) is 1.72. The summed E-state index contributed by atoms with van der Waals surface area (Å²) in [7, 11) is 1.59. The molecular weight excluding hydrogens is 268 g/mol. The highest BCUT2D eigenvalue weighted by Gasteiger charge is 2.27. The number of ether oxygens (including phenoxy) is 2. The lowest BCUT2D eigenvalue weighted by molar-refractivity contribution is -0.124. The van der Waals surface area contributed by atoms with Gasteiger partial charge in [-0.2, -0.15) is 0 Å². The number of rotatable bonds is 6. The van der Waals surface area contributed by atoms with Crippen LogP contribution in [0.25, 0.3) is 0 Å². The number of nitrogens with two attached hydrogens (primary N) is 1. The van der Waals surface area contributed by atoms with Crippen molar-refractivity contribution in [2.75, 3.05) is 13.7 Å². The molecule has 5 heteroatoms. The molecule has 0 bridgehead atoms. The summed E-state index contributed by atoms with van der Waals surface area (Å²) in [5.74, 6) is 1.15. The van der Waals surface area contributed by atoms with Crippen molar-refractivity contribution in [3.05, 3.63) is 24.3 Å². The Hall–Kier alpha value is -1.75. The van der Waals surface area contributed by atoms with E-state index in [0.717, 1.165) is 0 Å². The molecule has 0 aromatic heterocycles. The van der Waals surface area contributed by atoms with E-state index in [4.69, 9.17) is 15.2 Å². The van der Waals surface area contributed by atoms with Crippen molar-refractivity contribution in [2.24, 2.45) is 11.1 Å². The number of nitrogens with one attached hydrogen (secondary N) is 1. The van der Waals surface area contributed by atoms with Gasteiger partial charge in [0.1, 0.15) is 6.10 Å². The van der Waals surface area contributed by atoms with E-state index in [2.05, 4.69) is 5.32 Å². The van der Waals surface area contributed by atoms with Gasteiger partial charge in [-0.05, 0) is 24.5 Å². The number of carbonyl (C=O) groups excluding carboxylic acids is 1. The van der Waals surface area contributed by atoms with Crippen LogP contribution in [0.1, 0.15) is 27.7 Å². The summed E-state index contributed by atoms with van der Waals surface area (Å²) in [6.45, 7) is 8.08. The van der Waals surface area contributed by atoms with E-state index in [1.807, 2.05) is 52.0 Å². The molecule has 2 atom stereocenters. The largest absolute Gasteiger partial charge is 0.493 e. The van der Waals surface area contributed by atoms with Gasteiger partial charge in [0.15, 0.2) is 11.5 Å². The SMILES string of the molecule is COc1ccccc1OC(C)CNC(=O)[C@@H](N)C(C)(C)C. The van der Waals surface area contributed by atoms with Crippen LogP contribution in [0.3, 0.4) is 0 Å². The number of para-hydroxylation sites is 2. The average molecular weight is 294 g/mol. The van der Waals surface area contributed by atoms with E-state index in [9.17, 15) is 4.79 Å². The predicted molar refractivity (Wildman–Crippen MR) is 83.5 cm³/mol. The van der Waals surface area contributed by atoms with Crippen LogP contribution < -0.4 is 20.5 Å². The van der Waals surface area contributed by atoms with E-state index in [-0.39, 0.29) is 17.4 Å². The van der Waals surface area contributed by atoms with E-state index in [1.165, 1.54) is 0 Å². The topological polar surface area (TPSA) is 73.6 Å². The molecule has 1 aromatic carbocycles. The average Bonchev–Trinajstić information content (AvgIpc) is 2.43. The minimum absolute atomic E-state index is 0.169. The van der Waals surface area contributed by atoms with Crippen molar-refractivity contribution >= 4 is 5.91 Å². The Morgan fingerprint density at radius 1 is 1.29 bits per heavy atom. The van der Waals surface area contributed by atoms with Crippen molar-refractivity contribution < 1.29 is 14.3 Å². The van der Waals surface area contributed by atoms with E-state index < -0.39 is 6.04 Å². The Labute approximate surface area is 126 Å². The molecule has 0 fully saturated rings. The quantitative estimate of drug-likeness (QED) is 0.841. The van der Waals surface area contributed by atoms with Crippen LogP contribution >= 0.6 is 0 Å². The Kier molecular flexibility index (Phi) is 6.03. The van der Waals surface area contributed by atoms with Crippen LogP contribution in [0.15, 0.2) is 24.3 Å². The molecule has 0 heterocycles. The molecule has 0 spiro atoms. The monoisotopic (exact) mass is 294 g/mol. The van der Waals surface area contributed by atoms with Gasteiger partial charge >= 0.3 is 0 Å². The number of methoxy groups -OCH3 is 1. The summed E-state index contributed by atoms with van der Waals surface area (Å²) in [5.41, 5.74) is 5.64. The van der Waals surface area contributed by atoms with Gasteiger partial charge in [0.05, 0.1) is 19.7 Å². The third-order valence-corrected chi connectivity index (χ3v) is 3.18. The van der Waals surface area contributed by atoms with Crippen LogP contribution in [0.2, 0.25) is 0 Å². The van der Waals surface area contributed by atoms with Crippen molar-refractivity contribution in [1.82, 2.24) is 5.32 Å². The summed E-state index contributed by atoms with van der Waals surface area (Å²) in [4.78, 5) is 12.0. The molecule has 21 heavy (non-hydrogen) atoms. The molecule has 1 rings (SSSR count). The fourth-order valence-electron chi connectivity index (χ4n) is 1.72. The second kappa shape index (κ2) is 7.31. The second-order valence-electron chi connectivity index (χ2n) is 6.17. The zero-order valence-electron chi connectivity index (χ0n) is 13.5. The smallest absolute Gasteiger partial charge is 0.237 e. The van der Waals surface area contributed by atoms with Gasteiger partial charge in [0.25, 0.3) is 0 Å². The highest BCUT2D eigenvalue weighted by atomic mass is 16.5. The van der Waals surface area contributed by atoms with Crippen LogP contribution in [0, 0.1) is 5.41 Å². The van der Waals surface area contributed by atoms with Crippen molar-refractivity contribution in [3.63, 3.8) is 0 Å². The molecule has 1 amide bonds. The van der Waals surface area contributed by atoms with Crippen LogP contribution in [0.4, 0.5) is 0 Å². The molecule has 3 N–H and O–H groups in total. The van der Waals surface area contributed by atoms with Crippen molar-refractivity contribution in [2.45, 2.75) is 39.8 Å². The normalized spacial score (nSPS) is 14.2. The Morgan fingerprint density at radius 2 is 1.86 bits per heavy atom. The zero-order chi connectivity index (χ0) is 16.0. The lowest BCUT2D eigenvalue weighted by Crippen LogP contribution is -2.50. The third kappa shape index (κ3) is 5.27. The molecule has 5 nitrogen and oxygen atoms in total. The lowest BCUT2D eigenvalue weighted by atomic mass is 9.87. The van der Waals surface area contributed by atoms with Crippen LogP contribution in [0.5, 0.6) is 11.5 Å². The number of hydrogen-bond acceptors (Lipinski definition) is 4. The maximum absolute atomic E-state index is 12.0. The molecule has 0 saturated heterocycles. The summed E-state index contributed by atoms with van der Waals surface area (Å²) >= 11 is 0. The van der Waals surface area contributed by atoms with Crippen LogP contribution in [-0.2, 0) is 4.79 Å². The number of benzene rings is 1. The minimum Gasteiger partial charge on any atom is -0.493 e. The van der Waals surface area contributed by atoms with Gasteiger partial charge in [0, 0.05) is 0 Å². The first-order valence-corrected chi connectivity index (χ1v) is 7.08. The minimum atomic E-state index is -0.545. The highest BCUT2D eigenvalue weighted by molar-refractivity contribution is 5.82. The molecule has 118 valence electrons. The Balaban J connectivity index is 2.51. The van der Waals surface area contributed by atoms with Gasteiger partial charge < -0.3 is 20.5 Å². The first-order chi connectivity index (χ1) is 9.75. The first kappa shape index (κ1) is 17.3. The zero-order valence-corrected chi connectivity index (χ0v) is 13.5. The van der Waals surface area contributed by atoms with Crippen LogP contribution in [-0.4, -0.2) is 31.7 Å². The Morgan fingerprint density at radius 3 is 2.38 bits per heavy atom. The molecule has 0 aliphatic heterocycles. The summed E-state index contributed by atoms with van der Waals surface area (Å²) in [6.07, 6.45) is -0.183. The van der Waals surface area contributed by atoms with Crippen molar-refractivity contribution in [1.29, 1.82) is 0 Å². The highest BCUT2D eigenvalue weighted by Crippen LogP contribution is 2.26. The number of hydrogen-bond donors (Lipinski definition) is 2. The molecule has 0 aliphatic rings. The maximum atomic E-state index is 12.0. The molecular formula is C16H26N2O3. The predicted octanol–water partition coefficient (Wildman–Crippen LogP) is 1.95. The molecule has 1 aromatic rings. The van der Waals surface area contributed by atoms with E-state index in [0.29, 0.717) is 18.0 Å². The standard InChI is InChI=1S/C16H26N2O3/c1-11(10-18-15(19)14(17)16(2,3)4)21-13-9-7-6-8-12(13)20-5/h6-9,11,14H,10,17H2,1-5H3,(H,18,19)/t11?,14-/m1/s1. The van der Waals surface area contributed by atoms with E-state index >= 15 is 0 Å². The molecule has 0 radical (unpaired) electrons. The summed E-state index contributed by atoms with van der Waals surface area (Å²) in [5, 5.41) is 2.82. The summed E-state index contributed by atoms with van der Waals surface area (Å²) in [6, 6.07) is 6.86. The van der Waals surface area contributed by atoms with Crippen molar-refractivity contribution in [3.8, 4) is 11.5 Å². The van der Waals surface area contributed by atoms with Gasteiger partial charge in [0.2, 0.25) is 5.91 Å². The molecule has 0 aliphatic carbocycles.